The maximum absolute atomic E-state index is 12.2. The van der Waals surface area contributed by atoms with Gasteiger partial charge in [0.15, 0.2) is 0 Å². The van der Waals surface area contributed by atoms with Gasteiger partial charge in [0.1, 0.15) is 0 Å². The minimum Gasteiger partial charge on any atom is -0.373 e. The van der Waals surface area contributed by atoms with Gasteiger partial charge in [-0.1, -0.05) is 24.3 Å². The maximum atomic E-state index is 12.2. The molecule has 1 aliphatic rings. The van der Waals surface area contributed by atoms with Crippen molar-refractivity contribution in [3.63, 3.8) is 0 Å². The first-order chi connectivity index (χ1) is 8.70. The average molecular weight is 248 g/mol. The van der Waals surface area contributed by atoms with Crippen LogP contribution in [0, 0.1) is 6.92 Å². The number of hydrogen-bond acceptors (Lipinski definition) is 3. The molecule has 1 aromatic rings. The monoisotopic (exact) mass is 248 g/mol. The highest BCUT2D eigenvalue weighted by molar-refractivity contribution is 5.79. The Hall–Kier alpha value is -1.39. The molecular weight excluding hydrogens is 228 g/mol. The second-order valence-electron chi connectivity index (χ2n) is 4.67. The van der Waals surface area contributed by atoms with Gasteiger partial charge in [0.2, 0.25) is 5.91 Å². The van der Waals surface area contributed by atoms with Crippen LogP contribution in [-0.4, -0.2) is 43.2 Å². The van der Waals surface area contributed by atoms with Crippen molar-refractivity contribution in [1.29, 1.82) is 0 Å². The van der Waals surface area contributed by atoms with E-state index in [1.807, 2.05) is 36.1 Å². The van der Waals surface area contributed by atoms with Crippen LogP contribution in [0.4, 0.5) is 0 Å². The first kappa shape index (κ1) is 13.1. The molecule has 2 N–H and O–H groups in total. The van der Waals surface area contributed by atoms with Gasteiger partial charge in [0, 0.05) is 19.6 Å². The van der Waals surface area contributed by atoms with Gasteiger partial charge in [-0.25, -0.2) is 0 Å². The molecule has 2 rings (SSSR count). The number of carbonyl (C=O) groups is 1. The Bertz CT molecular complexity index is 420. The second-order valence-corrected chi connectivity index (χ2v) is 4.67. The summed E-state index contributed by atoms with van der Waals surface area (Å²) in [5.74, 6) is 0.158. The Morgan fingerprint density at radius 1 is 1.50 bits per heavy atom. The zero-order valence-corrected chi connectivity index (χ0v) is 10.8. The third kappa shape index (κ3) is 3.09. The summed E-state index contributed by atoms with van der Waals surface area (Å²) in [6.45, 7) is 4.36. The first-order valence-corrected chi connectivity index (χ1v) is 6.34. The number of morpholine rings is 1. The van der Waals surface area contributed by atoms with Crippen LogP contribution in [0.1, 0.15) is 11.1 Å². The van der Waals surface area contributed by atoms with Crippen LogP contribution in [0.3, 0.4) is 0 Å². The number of rotatable bonds is 3. The first-order valence-electron chi connectivity index (χ1n) is 6.34. The molecule has 1 unspecified atom stereocenters. The largest absolute Gasteiger partial charge is 0.373 e. The van der Waals surface area contributed by atoms with Gasteiger partial charge in [-0.15, -0.1) is 0 Å². The van der Waals surface area contributed by atoms with Gasteiger partial charge in [-0.05, 0) is 18.1 Å². The van der Waals surface area contributed by atoms with Crippen molar-refractivity contribution in [1.82, 2.24) is 4.90 Å². The lowest BCUT2D eigenvalue weighted by atomic mass is 10.1. The van der Waals surface area contributed by atoms with Crippen LogP contribution in [0.25, 0.3) is 0 Å². The highest BCUT2D eigenvalue weighted by Gasteiger charge is 2.23. The van der Waals surface area contributed by atoms with Crippen molar-refractivity contribution in [2.75, 3.05) is 26.2 Å². The number of benzene rings is 1. The smallest absolute Gasteiger partial charge is 0.227 e. The number of nitrogens with two attached hydrogens (primary N) is 1. The number of aryl methyl sites for hydroxylation is 1. The van der Waals surface area contributed by atoms with E-state index < -0.39 is 0 Å². The average Bonchev–Trinajstić information content (AvgIpc) is 2.41. The molecule has 0 aromatic heterocycles. The highest BCUT2D eigenvalue weighted by atomic mass is 16.5. The van der Waals surface area contributed by atoms with Crippen molar-refractivity contribution in [3.05, 3.63) is 35.4 Å². The lowest BCUT2D eigenvalue weighted by Gasteiger charge is -2.32. The number of amides is 1. The number of nitrogens with zero attached hydrogens (tertiary/aromatic N) is 1. The molecule has 1 aromatic carbocycles. The molecule has 98 valence electrons. The summed E-state index contributed by atoms with van der Waals surface area (Å²) < 4.78 is 5.46. The van der Waals surface area contributed by atoms with E-state index >= 15 is 0 Å². The molecule has 4 nitrogen and oxygen atoms in total. The van der Waals surface area contributed by atoms with Gasteiger partial charge in [-0.3, -0.25) is 4.79 Å². The van der Waals surface area contributed by atoms with Crippen LogP contribution >= 0.6 is 0 Å². The second kappa shape index (κ2) is 5.98. The summed E-state index contributed by atoms with van der Waals surface area (Å²) >= 11 is 0. The highest BCUT2D eigenvalue weighted by Crippen LogP contribution is 2.11. The SMILES string of the molecule is Cc1ccccc1CC(=O)N1CCOC(CN)C1. The fraction of sp³-hybridized carbons (Fsp3) is 0.500. The van der Waals surface area contributed by atoms with Crippen LogP contribution < -0.4 is 5.73 Å². The van der Waals surface area contributed by atoms with E-state index in [0.717, 1.165) is 11.1 Å². The van der Waals surface area contributed by atoms with Gasteiger partial charge in [0.05, 0.1) is 19.1 Å². The van der Waals surface area contributed by atoms with Crippen LogP contribution in [0.2, 0.25) is 0 Å². The molecule has 0 saturated carbocycles. The quantitative estimate of drug-likeness (QED) is 0.857. The molecular formula is C14H20N2O2. The Balaban J connectivity index is 1.97. The van der Waals surface area contributed by atoms with E-state index in [-0.39, 0.29) is 12.0 Å². The summed E-state index contributed by atoms with van der Waals surface area (Å²) in [5, 5.41) is 0. The molecule has 0 radical (unpaired) electrons. The molecule has 1 heterocycles. The zero-order valence-electron chi connectivity index (χ0n) is 10.8. The molecule has 1 aliphatic heterocycles. The summed E-state index contributed by atoms with van der Waals surface area (Å²) in [5.41, 5.74) is 7.84. The van der Waals surface area contributed by atoms with Gasteiger partial charge in [0.25, 0.3) is 0 Å². The van der Waals surface area contributed by atoms with E-state index in [9.17, 15) is 4.79 Å². The minimum absolute atomic E-state index is 0.0143. The van der Waals surface area contributed by atoms with E-state index in [1.54, 1.807) is 0 Å². The van der Waals surface area contributed by atoms with Crippen LogP contribution in [0.5, 0.6) is 0 Å². The Morgan fingerprint density at radius 2 is 2.28 bits per heavy atom. The van der Waals surface area contributed by atoms with E-state index in [1.165, 1.54) is 0 Å². The fourth-order valence-electron chi connectivity index (χ4n) is 2.17. The van der Waals surface area contributed by atoms with Gasteiger partial charge < -0.3 is 15.4 Å². The lowest BCUT2D eigenvalue weighted by molar-refractivity contribution is -0.137. The number of carbonyl (C=O) groups excluding carboxylic acids is 1. The minimum atomic E-state index is -0.0143. The normalized spacial score (nSPS) is 19.9. The number of ether oxygens (including phenoxy) is 1. The molecule has 1 saturated heterocycles. The Kier molecular flexibility index (Phi) is 4.33. The topological polar surface area (TPSA) is 55.6 Å². The molecule has 0 spiro atoms. The molecule has 0 aliphatic carbocycles. The third-order valence-electron chi connectivity index (χ3n) is 3.36. The number of hydrogen-bond donors (Lipinski definition) is 1. The summed E-state index contributed by atoms with van der Waals surface area (Å²) in [7, 11) is 0. The molecule has 4 heteroatoms. The molecule has 0 bridgehead atoms. The van der Waals surface area contributed by atoms with Crippen molar-refractivity contribution in [2.24, 2.45) is 5.73 Å². The predicted octanol–water partition coefficient (Wildman–Crippen LogP) is 0.724. The third-order valence-corrected chi connectivity index (χ3v) is 3.36. The Labute approximate surface area is 108 Å². The van der Waals surface area contributed by atoms with Crippen molar-refractivity contribution in [2.45, 2.75) is 19.4 Å². The van der Waals surface area contributed by atoms with Crippen LogP contribution in [0.15, 0.2) is 24.3 Å². The van der Waals surface area contributed by atoms with Crippen molar-refractivity contribution in [3.8, 4) is 0 Å². The van der Waals surface area contributed by atoms with E-state index in [2.05, 4.69) is 0 Å². The van der Waals surface area contributed by atoms with Crippen molar-refractivity contribution < 1.29 is 9.53 Å². The maximum Gasteiger partial charge on any atom is 0.227 e. The molecule has 1 amide bonds. The molecule has 1 atom stereocenters. The van der Waals surface area contributed by atoms with Gasteiger partial charge >= 0.3 is 0 Å². The summed E-state index contributed by atoms with van der Waals surface area (Å²) in [6.07, 6.45) is 0.448. The molecule has 18 heavy (non-hydrogen) atoms. The van der Waals surface area contributed by atoms with E-state index in [4.69, 9.17) is 10.5 Å². The Morgan fingerprint density at radius 3 is 3.00 bits per heavy atom. The standard InChI is InChI=1S/C14H20N2O2/c1-11-4-2-3-5-12(11)8-14(17)16-6-7-18-13(9-15)10-16/h2-5,13H,6-10,15H2,1H3. The van der Waals surface area contributed by atoms with Crippen molar-refractivity contribution >= 4 is 5.91 Å². The zero-order chi connectivity index (χ0) is 13.0. The van der Waals surface area contributed by atoms with Gasteiger partial charge in [-0.2, -0.15) is 0 Å². The fourth-order valence-corrected chi connectivity index (χ4v) is 2.17. The summed E-state index contributed by atoms with van der Waals surface area (Å²) in [4.78, 5) is 14.1. The summed E-state index contributed by atoms with van der Waals surface area (Å²) in [6, 6.07) is 8.00. The van der Waals surface area contributed by atoms with Crippen LogP contribution in [-0.2, 0) is 16.0 Å². The predicted molar refractivity (Wildman–Crippen MR) is 70.3 cm³/mol. The molecule has 1 fully saturated rings. The lowest BCUT2D eigenvalue weighted by Crippen LogP contribution is -2.48. The van der Waals surface area contributed by atoms with E-state index in [0.29, 0.717) is 32.7 Å².